The molecule has 0 spiro atoms. The first-order chi connectivity index (χ1) is 13.4. The van der Waals surface area contributed by atoms with Gasteiger partial charge in [-0.25, -0.2) is 4.79 Å². The highest BCUT2D eigenvalue weighted by Gasteiger charge is 2.35. The second-order valence-corrected chi connectivity index (χ2v) is 7.02. The Balaban J connectivity index is 1.75. The molecule has 3 heterocycles. The molecule has 0 bridgehead atoms. The van der Waals surface area contributed by atoms with Crippen molar-refractivity contribution in [3.05, 3.63) is 62.7 Å². The Morgan fingerprint density at radius 2 is 2.18 bits per heavy atom. The molecule has 2 aromatic heterocycles. The Kier molecular flexibility index (Phi) is 6.40. The summed E-state index contributed by atoms with van der Waals surface area (Å²) < 4.78 is 7.94. The molecule has 0 radical (unpaired) electrons. The maximum atomic E-state index is 12.8. The zero-order valence-corrected chi connectivity index (χ0v) is 15.6. The van der Waals surface area contributed by atoms with Crippen LogP contribution in [0.15, 0.2) is 40.3 Å². The zero-order valence-electron chi connectivity index (χ0n) is 15.6. The predicted molar refractivity (Wildman–Crippen MR) is 99.7 cm³/mol. The van der Waals surface area contributed by atoms with E-state index in [-0.39, 0.29) is 19.6 Å². The summed E-state index contributed by atoms with van der Waals surface area (Å²) in [5, 5.41) is 29.4. The molecule has 3 rings (SSSR count). The lowest BCUT2D eigenvalue weighted by Gasteiger charge is -2.18. The van der Waals surface area contributed by atoms with Crippen molar-refractivity contribution in [3.63, 3.8) is 0 Å². The highest BCUT2D eigenvalue weighted by Crippen LogP contribution is 2.27. The maximum absolute atomic E-state index is 12.8. The Morgan fingerprint density at radius 1 is 1.39 bits per heavy atom. The molecular formula is C19H25N3O6. The van der Waals surface area contributed by atoms with Gasteiger partial charge in [-0.15, -0.1) is 0 Å². The molecule has 9 nitrogen and oxygen atoms in total. The number of pyridine rings is 1. The highest BCUT2D eigenvalue weighted by atomic mass is 16.5. The van der Waals surface area contributed by atoms with E-state index in [1.165, 1.54) is 10.8 Å². The van der Waals surface area contributed by atoms with E-state index in [4.69, 9.17) is 4.74 Å². The molecule has 2 aromatic rings. The fourth-order valence-corrected chi connectivity index (χ4v) is 3.39. The van der Waals surface area contributed by atoms with E-state index < -0.39 is 35.8 Å². The lowest BCUT2D eigenvalue weighted by atomic mass is 10.1. The summed E-state index contributed by atoms with van der Waals surface area (Å²) in [6.07, 6.45) is 2.46. The van der Waals surface area contributed by atoms with E-state index >= 15 is 0 Å². The van der Waals surface area contributed by atoms with Gasteiger partial charge >= 0.3 is 5.69 Å². The minimum atomic E-state index is -0.878. The monoisotopic (exact) mass is 391 g/mol. The van der Waals surface area contributed by atoms with Gasteiger partial charge in [0, 0.05) is 37.1 Å². The molecule has 0 amide bonds. The lowest BCUT2D eigenvalue weighted by Crippen LogP contribution is -2.42. The van der Waals surface area contributed by atoms with E-state index in [2.05, 4.69) is 4.98 Å². The molecule has 9 heteroatoms. The third-order valence-corrected chi connectivity index (χ3v) is 4.99. The van der Waals surface area contributed by atoms with Crippen molar-refractivity contribution >= 4 is 0 Å². The molecule has 152 valence electrons. The van der Waals surface area contributed by atoms with Gasteiger partial charge in [-0.1, -0.05) is 6.07 Å². The van der Waals surface area contributed by atoms with Crippen LogP contribution in [0.2, 0.25) is 0 Å². The molecular weight excluding hydrogens is 366 g/mol. The molecule has 0 saturated carbocycles. The number of aliphatic hydroxyl groups is 3. The predicted octanol–water partition coefficient (Wildman–Crippen LogP) is -0.132. The van der Waals surface area contributed by atoms with Crippen LogP contribution in [0.3, 0.4) is 0 Å². The molecule has 1 unspecified atom stereocenters. The lowest BCUT2D eigenvalue weighted by molar-refractivity contribution is -0.0464. The molecule has 28 heavy (non-hydrogen) atoms. The SMILES string of the molecule is Cc1cn([C@H]2C[C@H](O)[C@@H](CO)O2)c(=O)n(CCCC(O)c2cccnc2)c1=O. The summed E-state index contributed by atoms with van der Waals surface area (Å²) in [5.41, 5.74) is 0.120. The second kappa shape index (κ2) is 8.78. The van der Waals surface area contributed by atoms with Gasteiger partial charge in [-0.2, -0.15) is 0 Å². The molecule has 0 aromatic carbocycles. The Hall–Kier alpha value is -2.33. The van der Waals surface area contributed by atoms with E-state index in [9.17, 15) is 24.9 Å². The summed E-state index contributed by atoms with van der Waals surface area (Å²) in [6.45, 7) is 1.40. The smallest absolute Gasteiger partial charge is 0.333 e. The van der Waals surface area contributed by atoms with E-state index in [0.717, 1.165) is 4.57 Å². The molecule has 1 fully saturated rings. The molecule has 1 aliphatic heterocycles. The van der Waals surface area contributed by atoms with E-state index in [0.29, 0.717) is 24.0 Å². The Bertz CT molecular complexity index is 910. The minimum absolute atomic E-state index is 0.148. The van der Waals surface area contributed by atoms with Crippen LogP contribution in [0, 0.1) is 6.92 Å². The van der Waals surface area contributed by atoms with Gasteiger partial charge in [0.25, 0.3) is 5.56 Å². The Morgan fingerprint density at radius 3 is 2.82 bits per heavy atom. The van der Waals surface area contributed by atoms with Crippen LogP contribution >= 0.6 is 0 Å². The Labute approximate surface area is 161 Å². The van der Waals surface area contributed by atoms with Crippen molar-refractivity contribution in [1.82, 2.24) is 14.1 Å². The van der Waals surface area contributed by atoms with Crippen LogP contribution in [0.1, 0.15) is 42.7 Å². The van der Waals surface area contributed by atoms with Gasteiger partial charge in [0.1, 0.15) is 12.3 Å². The highest BCUT2D eigenvalue weighted by molar-refractivity contribution is 5.11. The number of nitrogens with zero attached hydrogens (tertiary/aromatic N) is 3. The quantitative estimate of drug-likeness (QED) is 0.600. The summed E-state index contributed by atoms with van der Waals surface area (Å²) in [6, 6.07) is 3.50. The van der Waals surface area contributed by atoms with Crippen LogP contribution in [0.4, 0.5) is 0 Å². The van der Waals surface area contributed by atoms with Crippen LogP contribution in [0.25, 0.3) is 0 Å². The van der Waals surface area contributed by atoms with Gasteiger partial charge in [0.2, 0.25) is 0 Å². The van der Waals surface area contributed by atoms with Crippen molar-refractivity contribution in [2.24, 2.45) is 0 Å². The van der Waals surface area contributed by atoms with Crippen molar-refractivity contribution in [2.75, 3.05) is 6.61 Å². The first kappa shape index (κ1) is 20.4. The molecule has 1 saturated heterocycles. The number of ether oxygens (including phenoxy) is 1. The minimum Gasteiger partial charge on any atom is -0.394 e. The first-order valence-electron chi connectivity index (χ1n) is 9.27. The standard InChI is InChI=1S/C19H25N3O6/c1-12-10-22(17-8-15(25)16(11-23)28-17)19(27)21(18(12)26)7-3-5-14(24)13-4-2-6-20-9-13/h2,4,6,9-10,14-17,23-25H,3,5,7-8,11H2,1H3/t14?,15-,16+,17+/m0/s1. The fraction of sp³-hybridized carbons (Fsp3) is 0.526. The van der Waals surface area contributed by atoms with Crippen molar-refractivity contribution in [2.45, 2.75) is 57.3 Å². The fourth-order valence-electron chi connectivity index (χ4n) is 3.39. The normalized spacial score (nSPS) is 23.1. The molecule has 1 aliphatic rings. The number of aryl methyl sites for hydroxylation is 1. The van der Waals surface area contributed by atoms with Crippen molar-refractivity contribution in [3.8, 4) is 0 Å². The largest absolute Gasteiger partial charge is 0.394 e. The van der Waals surface area contributed by atoms with Crippen LogP contribution in [-0.4, -0.2) is 48.3 Å². The van der Waals surface area contributed by atoms with Gasteiger partial charge in [-0.05, 0) is 31.4 Å². The van der Waals surface area contributed by atoms with Crippen molar-refractivity contribution < 1.29 is 20.1 Å². The summed E-state index contributed by atoms with van der Waals surface area (Å²) in [5.74, 6) is 0. The second-order valence-electron chi connectivity index (χ2n) is 7.02. The number of hydrogen-bond donors (Lipinski definition) is 3. The number of rotatable bonds is 7. The van der Waals surface area contributed by atoms with E-state index in [1.807, 2.05) is 0 Å². The molecule has 3 N–H and O–H groups in total. The molecule has 4 atom stereocenters. The van der Waals surface area contributed by atoms with Crippen LogP contribution in [-0.2, 0) is 11.3 Å². The zero-order chi connectivity index (χ0) is 20.3. The summed E-state index contributed by atoms with van der Waals surface area (Å²) in [4.78, 5) is 29.2. The van der Waals surface area contributed by atoms with Gasteiger partial charge in [0.15, 0.2) is 0 Å². The van der Waals surface area contributed by atoms with E-state index in [1.54, 1.807) is 31.5 Å². The third-order valence-electron chi connectivity index (χ3n) is 4.99. The first-order valence-corrected chi connectivity index (χ1v) is 9.27. The number of aliphatic hydroxyl groups excluding tert-OH is 3. The molecule has 0 aliphatic carbocycles. The van der Waals surface area contributed by atoms with Crippen LogP contribution < -0.4 is 11.2 Å². The summed E-state index contributed by atoms with van der Waals surface area (Å²) >= 11 is 0. The number of hydrogen-bond acceptors (Lipinski definition) is 7. The van der Waals surface area contributed by atoms with Gasteiger partial charge in [0.05, 0.1) is 18.8 Å². The van der Waals surface area contributed by atoms with Gasteiger partial charge < -0.3 is 20.1 Å². The van der Waals surface area contributed by atoms with Crippen LogP contribution in [0.5, 0.6) is 0 Å². The third kappa shape index (κ3) is 4.22. The maximum Gasteiger partial charge on any atom is 0.333 e. The summed E-state index contributed by atoms with van der Waals surface area (Å²) in [7, 11) is 0. The van der Waals surface area contributed by atoms with Crippen molar-refractivity contribution in [1.29, 1.82) is 0 Å². The average Bonchev–Trinajstić information content (AvgIpc) is 3.08. The van der Waals surface area contributed by atoms with Gasteiger partial charge in [-0.3, -0.25) is 18.9 Å². The average molecular weight is 391 g/mol. The topological polar surface area (TPSA) is 127 Å². The number of aromatic nitrogens is 3.